The van der Waals surface area contributed by atoms with Crippen LogP contribution in [0.1, 0.15) is 60.8 Å². The maximum atomic E-state index is 6.17. The van der Waals surface area contributed by atoms with Gasteiger partial charge in [-0.2, -0.15) is 10.2 Å². The summed E-state index contributed by atoms with van der Waals surface area (Å²) in [4.78, 5) is 0. The zero-order chi connectivity index (χ0) is 26.2. The highest BCUT2D eigenvalue weighted by Crippen LogP contribution is 2.50. The molecule has 4 aromatic carbocycles. The Kier molecular flexibility index (Phi) is 6.29. The lowest BCUT2D eigenvalue weighted by Crippen LogP contribution is -2.35. The van der Waals surface area contributed by atoms with Crippen molar-refractivity contribution >= 4 is 38.8 Å². The summed E-state index contributed by atoms with van der Waals surface area (Å²) >= 11 is 6.17. The molecular formula is C36H31ClN2. The number of aryl methyl sites for hydroxylation is 1. The first-order valence-corrected chi connectivity index (χ1v) is 14.5. The summed E-state index contributed by atoms with van der Waals surface area (Å²) in [5.41, 5.74) is 10.2. The first kappa shape index (κ1) is 24.3. The Hall–Kier alpha value is -3.75. The van der Waals surface area contributed by atoms with Crippen molar-refractivity contribution in [3.8, 4) is 0 Å². The molecule has 8 rings (SSSR count). The molecule has 3 heteroatoms. The van der Waals surface area contributed by atoms with Crippen LogP contribution in [-0.4, -0.2) is 10.2 Å². The van der Waals surface area contributed by atoms with Crippen molar-refractivity contribution in [2.24, 2.45) is 0 Å². The van der Waals surface area contributed by atoms with E-state index < -0.39 is 0 Å². The Balaban J connectivity index is 0.000000213. The Morgan fingerprint density at radius 1 is 0.744 bits per heavy atom. The molecule has 1 saturated carbocycles. The van der Waals surface area contributed by atoms with Crippen LogP contribution in [0.15, 0.2) is 109 Å². The van der Waals surface area contributed by atoms with Crippen LogP contribution in [0.3, 0.4) is 0 Å². The Labute approximate surface area is 235 Å². The van der Waals surface area contributed by atoms with Gasteiger partial charge in [-0.05, 0) is 107 Å². The van der Waals surface area contributed by atoms with Crippen LogP contribution in [0.2, 0.25) is 5.02 Å². The van der Waals surface area contributed by atoms with Gasteiger partial charge < -0.3 is 0 Å². The summed E-state index contributed by atoms with van der Waals surface area (Å²) in [5, 5.41) is 12.5. The van der Waals surface area contributed by atoms with Crippen molar-refractivity contribution in [2.75, 3.05) is 0 Å². The second-order valence-electron chi connectivity index (χ2n) is 11.0. The summed E-state index contributed by atoms with van der Waals surface area (Å²) in [7, 11) is 0. The van der Waals surface area contributed by atoms with E-state index in [9.17, 15) is 0 Å². The molecule has 2 nitrogen and oxygen atoms in total. The van der Waals surface area contributed by atoms with Gasteiger partial charge >= 0.3 is 0 Å². The lowest BCUT2D eigenvalue weighted by atomic mass is 9.60. The summed E-state index contributed by atoms with van der Waals surface area (Å²) < 4.78 is 0. The molecule has 0 saturated heterocycles. The van der Waals surface area contributed by atoms with E-state index in [4.69, 9.17) is 11.6 Å². The summed E-state index contributed by atoms with van der Waals surface area (Å²) in [6, 6.07) is 30.3. The topological polar surface area (TPSA) is 25.8 Å². The lowest BCUT2D eigenvalue weighted by molar-refractivity contribution is 0.302. The van der Waals surface area contributed by atoms with Gasteiger partial charge in [0.2, 0.25) is 0 Å². The molecule has 192 valence electrons. The second-order valence-corrected chi connectivity index (χ2v) is 11.5. The van der Waals surface area contributed by atoms with E-state index in [-0.39, 0.29) is 5.41 Å². The van der Waals surface area contributed by atoms with Crippen LogP contribution in [0.25, 0.3) is 27.2 Å². The molecule has 1 fully saturated rings. The van der Waals surface area contributed by atoms with E-state index in [2.05, 4.69) is 64.8 Å². The molecule has 0 amide bonds. The lowest BCUT2D eigenvalue weighted by Gasteiger charge is -2.43. The van der Waals surface area contributed by atoms with Gasteiger partial charge in [-0.3, -0.25) is 0 Å². The number of allylic oxidation sites excluding steroid dienone is 4. The zero-order valence-corrected chi connectivity index (χ0v) is 22.8. The number of fused-ring (bicyclic) bond motifs is 5. The van der Waals surface area contributed by atoms with Crippen LogP contribution in [-0.2, 0) is 11.8 Å². The highest BCUT2D eigenvalue weighted by Gasteiger charge is 2.40. The molecule has 1 aromatic heterocycles. The molecule has 0 N–H and O–H groups in total. The summed E-state index contributed by atoms with van der Waals surface area (Å²) in [6.45, 7) is 0. The minimum atomic E-state index is 0.158. The first-order chi connectivity index (χ1) is 19.2. The average molecular weight is 527 g/mol. The van der Waals surface area contributed by atoms with Gasteiger partial charge in [-0.1, -0.05) is 90.3 Å². The van der Waals surface area contributed by atoms with Crippen LogP contribution in [0.5, 0.6) is 0 Å². The van der Waals surface area contributed by atoms with Gasteiger partial charge in [0.05, 0.1) is 11.7 Å². The third-order valence-corrected chi connectivity index (χ3v) is 9.21. The fourth-order valence-electron chi connectivity index (χ4n) is 6.70. The number of rotatable bonds is 2. The SMILES string of the molecule is Clc1ccc(C2(c3ccc4ccc5c(c4c3)CCC3=C5C=CCC3)CCC2)cc1.c1ccc2nnccc2c1. The molecule has 0 unspecified atom stereocenters. The van der Waals surface area contributed by atoms with Gasteiger partial charge in [0.1, 0.15) is 0 Å². The molecule has 3 aliphatic rings. The molecule has 3 aliphatic carbocycles. The van der Waals surface area contributed by atoms with E-state index in [1.54, 1.807) is 17.3 Å². The predicted octanol–water partition coefficient (Wildman–Crippen LogP) is 9.64. The fourth-order valence-corrected chi connectivity index (χ4v) is 6.83. The Morgan fingerprint density at radius 3 is 2.38 bits per heavy atom. The Bertz CT molecular complexity index is 1680. The van der Waals surface area contributed by atoms with Gasteiger partial charge in [-0.25, -0.2) is 0 Å². The predicted molar refractivity (Wildman–Crippen MR) is 163 cm³/mol. The smallest absolute Gasteiger partial charge is 0.0929 e. The van der Waals surface area contributed by atoms with Crippen LogP contribution in [0.4, 0.5) is 0 Å². The van der Waals surface area contributed by atoms with E-state index in [1.807, 2.05) is 42.5 Å². The minimum Gasteiger partial charge on any atom is -0.159 e. The van der Waals surface area contributed by atoms with Crippen molar-refractivity contribution in [3.63, 3.8) is 0 Å². The molecule has 0 spiro atoms. The van der Waals surface area contributed by atoms with Gasteiger partial charge in [-0.15, -0.1) is 0 Å². The number of benzene rings is 4. The maximum absolute atomic E-state index is 6.17. The van der Waals surface area contributed by atoms with Crippen LogP contribution in [0, 0.1) is 0 Å². The monoisotopic (exact) mass is 526 g/mol. The number of halogens is 1. The molecule has 0 bridgehead atoms. The van der Waals surface area contributed by atoms with Crippen molar-refractivity contribution in [2.45, 2.75) is 50.4 Å². The van der Waals surface area contributed by atoms with Gasteiger partial charge in [0.15, 0.2) is 0 Å². The normalized spacial score (nSPS) is 17.2. The standard InChI is InChI=1S/C28H25Cl.C8H6N2/c29-23-12-10-21(11-13-23)28(16-3-17-28)22-9-6-20-8-14-25-24-5-2-1-4-19(24)7-15-26(25)27(20)18-22;1-2-4-8-7(3-1)5-6-9-10-8/h2,5-6,8-14,18H,1,3-4,7,15-17H2;1-6H. The van der Waals surface area contributed by atoms with Crippen LogP contribution < -0.4 is 0 Å². The molecule has 1 heterocycles. The van der Waals surface area contributed by atoms with Gasteiger partial charge in [0.25, 0.3) is 0 Å². The third kappa shape index (κ3) is 4.37. The van der Waals surface area contributed by atoms with E-state index in [0.29, 0.717) is 0 Å². The van der Waals surface area contributed by atoms with E-state index in [0.717, 1.165) is 15.9 Å². The van der Waals surface area contributed by atoms with Crippen LogP contribution >= 0.6 is 11.6 Å². The minimum absolute atomic E-state index is 0.158. The van der Waals surface area contributed by atoms with Crippen molar-refractivity contribution in [1.82, 2.24) is 10.2 Å². The molecule has 39 heavy (non-hydrogen) atoms. The summed E-state index contributed by atoms with van der Waals surface area (Å²) in [5.74, 6) is 0. The number of nitrogens with zero attached hydrogens (tertiary/aromatic N) is 2. The third-order valence-electron chi connectivity index (χ3n) is 8.96. The van der Waals surface area contributed by atoms with Gasteiger partial charge in [0, 0.05) is 15.8 Å². The quantitative estimate of drug-likeness (QED) is 0.229. The molecular weight excluding hydrogens is 496 g/mol. The Morgan fingerprint density at radius 2 is 1.56 bits per heavy atom. The maximum Gasteiger partial charge on any atom is 0.0929 e. The molecule has 0 aliphatic heterocycles. The van der Waals surface area contributed by atoms with Crippen molar-refractivity contribution in [1.29, 1.82) is 0 Å². The van der Waals surface area contributed by atoms with Crippen molar-refractivity contribution in [3.05, 3.63) is 136 Å². The number of hydrogen-bond donors (Lipinski definition) is 0. The first-order valence-electron chi connectivity index (χ1n) is 14.1. The van der Waals surface area contributed by atoms with E-state index in [1.165, 1.54) is 78.0 Å². The number of aromatic nitrogens is 2. The summed E-state index contributed by atoms with van der Waals surface area (Å²) in [6.07, 6.45) is 15.0. The van der Waals surface area contributed by atoms with E-state index >= 15 is 0 Å². The molecule has 0 atom stereocenters. The highest BCUT2D eigenvalue weighted by atomic mass is 35.5. The zero-order valence-electron chi connectivity index (χ0n) is 22.0. The number of hydrogen-bond acceptors (Lipinski definition) is 2. The highest BCUT2D eigenvalue weighted by molar-refractivity contribution is 6.30. The average Bonchev–Trinajstić information content (AvgIpc) is 2.97. The second kappa shape index (κ2) is 10.1. The van der Waals surface area contributed by atoms with Crippen molar-refractivity contribution < 1.29 is 0 Å². The molecule has 5 aromatic rings. The molecule has 0 radical (unpaired) electrons. The largest absolute Gasteiger partial charge is 0.159 e. The fraction of sp³-hybridized carbons (Fsp3) is 0.222.